The lowest BCUT2D eigenvalue weighted by atomic mass is 9.48. The molecule has 3 rings (SSSR count). The predicted octanol–water partition coefficient (Wildman–Crippen LogP) is 5.89. The van der Waals surface area contributed by atoms with E-state index >= 15 is 0 Å². The topological polar surface area (TPSA) is 23.8 Å². The molecule has 0 radical (unpaired) electrons. The van der Waals surface area contributed by atoms with Gasteiger partial charge in [-0.15, -0.1) is 0 Å². The van der Waals surface area contributed by atoms with Gasteiger partial charge in [0.05, 0.1) is 11.5 Å². The summed E-state index contributed by atoms with van der Waals surface area (Å²) in [5.74, 6) is 0. The molecule has 0 N–H and O–H groups in total. The van der Waals surface area contributed by atoms with E-state index in [1.807, 2.05) is 18.2 Å². The highest BCUT2D eigenvalue weighted by Gasteiger charge is 2.56. The lowest BCUT2D eigenvalue weighted by molar-refractivity contribution is 0.0399. The first-order valence-corrected chi connectivity index (χ1v) is 8.22. The van der Waals surface area contributed by atoms with Crippen molar-refractivity contribution in [2.75, 3.05) is 0 Å². The molecule has 1 spiro atoms. The number of benzene rings is 1. The highest BCUT2D eigenvalue weighted by atomic mass is 35.5. The molecule has 2 aliphatic carbocycles. The van der Waals surface area contributed by atoms with Crippen LogP contribution in [0.15, 0.2) is 18.2 Å². The molecule has 0 aromatic heterocycles. The van der Waals surface area contributed by atoms with Crippen LogP contribution in [0.25, 0.3) is 0 Å². The molecule has 0 atom stereocenters. The van der Waals surface area contributed by atoms with Gasteiger partial charge in [-0.25, -0.2) is 0 Å². The monoisotopic (exact) mass is 307 g/mol. The fraction of sp³-hybridized carbons (Fsp3) is 0.588. The minimum absolute atomic E-state index is 0.370. The first kappa shape index (κ1) is 14.2. The molecule has 1 aromatic rings. The Morgan fingerprint density at radius 1 is 0.950 bits per heavy atom. The molecule has 2 saturated carbocycles. The van der Waals surface area contributed by atoms with Gasteiger partial charge in [-0.2, -0.15) is 5.26 Å². The van der Waals surface area contributed by atoms with E-state index < -0.39 is 5.41 Å². The van der Waals surface area contributed by atoms with Crippen molar-refractivity contribution in [3.8, 4) is 6.07 Å². The molecule has 2 fully saturated rings. The van der Waals surface area contributed by atoms with Gasteiger partial charge in [-0.1, -0.05) is 55.0 Å². The summed E-state index contributed by atoms with van der Waals surface area (Å²) in [6.45, 7) is 0. The van der Waals surface area contributed by atoms with Crippen LogP contribution in [0.3, 0.4) is 0 Å². The summed E-state index contributed by atoms with van der Waals surface area (Å²) < 4.78 is 0. The Kier molecular flexibility index (Phi) is 3.73. The Morgan fingerprint density at radius 3 is 2.00 bits per heavy atom. The van der Waals surface area contributed by atoms with E-state index in [1.165, 1.54) is 38.5 Å². The molecular weight excluding hydrogens is 289 g/mol. The maximum atomic E-state index is 9.76. The molecule has 0 amide bonds. The van der Waals surface area contributed by atoms with Gasteiger partial charge in [-0.05, 0) is 43.2 Å². The molecule has 0 aliphatic heterocycles. The normalized spacial score (nSPS) is 23.6. The van der Waals surface area contributed by atoms with Crippen molar-refractivity contribution < 1.29 is 0 Å². The van der Waals surface area contributed by atoms with Crippen LogP contribution in [-0.4, -0.2) is 0 Å². The third-order valence-corrected chi connectivity index (χ3v) is 5.80. The van der Waals surface area contributed by atoms with Crippen LogP contribution in [-0.2, 0) is 5.41 Å². The summed E-state index contributed by atoms with van der Waals surface area (Å²) in [5, 5.41) is 11.0. The van der Waals surface area contributed by atoms with E-state index in [2.05, 4.69) is 6.07 Å². The molecule has 20 heavy (non-hydrogen) atoms. The lowest BCUT2D eigenvalue weighted by Gasteiger charge is -2.53. The number of hydrogen-bond donors (Lipinski definition) is 0. The fourth-order valence-corrected chi connectivity index (χ4v) is 5.09. The van der Waals surface area contributed by atoms with E-state index in [0.717, 1.165) is 18.4 Å². The lowest BCUT2D eigenvalue weighted by Crippen LogP contribution is -2.49. The molecule has 106 valence electrons. The fourth-order valence-electron chi connectivity index (χ4n) is 4.33. The average molecular weight is 308 g/mol. The van der Waals surface area contributed by atoms with Crippen molar-refractivity contribution in [3.05, 3.63) is 33.8 Å². The van der Waals surface area contributed by atoms with Crippen LogP contribution in [0.1, 0.15) is 56.9 Å². The minimum Gasteiger partial charge on any atom is -0.197 e. The van der Waals surface area contributed by atoms with Crippen LogP contribution in [0.4, 0.5) is 0 Å². The van der Waals surface area contributed by atoms with E-state index in [9.17, 15) is 5.26 Å². The zero-order chi connectivity index (χ0) is 14.2. The Bertz CT molecular complexity index is 522. The smallest absolute Gasteiger partial charge is 0.0861 e. The summed E-state index contributed by atoms with van der Waals surface area (Å²) >= 11 is 12.7. The largest absolute Gasteiger partial charge is 0.197 e. The Hall–Kier alpha value is -0.710. The summed E-state index contributed by atoms with van der Waals surface area (Å²) in [6.07, 6.45) is 9.68. The van der Waals surface area contributed by atoms with E-state index in [1.54, 1.807) is 0 Å². The second-order valence-electron chi connectivity index (χ2n) is 6.56. The average Bonchev–Trinajstić information content (AvgIpc) is 2.63. The van der Waals surface area contributed by atoms with Gasteiger partial charge in [0.15, 0.2) is 0 Å². The number of hydrogen-bond acceptors (Lipinski definition) is 1. The summed E-state index contributed by atoms with van der Waals surface area (Å²) in [4.78, 5) is 0. The molecule has 1 nitrogen and oxygen atoms in total. The Labute approximate surface area is 130 Å². The van der Waals surface area contributed by atoms with Crippen LogP contribution in [0, 0.1) is 16.7 Å². The predicted molar refractivity (Wildman–Crippen MR) is 83.1 cm³/mol. The molecule has 3 heteroatoms. The molecular formula is C17H19Cl2N. The highest BCUT2D eigenvalue weighted by Crippen LogP contribution is 2.62. The maximum absolute atomic E-state index is 9.76. The van der Waals surface area contributed by atoms with Gasteiger partial charge in [-0.3, -0.25) is 0 Å². The quantitative estimate of drug-likeness (QED) is 0.634. The van der Waals surface area contributed by atoms with Crippen molar-refractivity contribution in [2.24, 2.45) is 5.41 Å². The molecule has 2 aliphatic rings. The zero-order valence-electron chi connectivity index (χ0n) is 11.6. The number of nitriles is 1. The minimum atomic E-state index is -0.459. The first-order chi connectivity index (χ1) is 9.61. The number of nitrogens with zero attached hydrogens (tertiary/aromatic N) is 1. The Morgan fingerprint density at radius 2 is 1.50 bits per heavy atom. The van der Waals surface area contributed by atoms with Gasteiger partial charge >= 0.3 is 0 Å². The molecule has 1 aromatic carbocycles. The van der Waals surface area contributed by atoms with Crippen LogP contribution in [0.2, 0.25) is 10.0 Å². The Balaban J connectivity index is 1.91. The third-order valence-electron chi connectivity index (χ3n) is 5.17. The van der Waals surface area contributed by atoms with Crippen molar-refractivity contribution in [2.45, 2.75) is 56.8 Å². The van der Waals surface area contributed by atoms with E-state index in [0.29, 0.717) is 15.5 Å². The summed E-state index contributed by atoms with van der Waals surface area (Å²) in [7, 11) is 0. The zero-order valence-corrected chi connectivity index (χ0v) is 13.1. The summed E-state index contributed by atoms with van der Waals surface area (Å²) in [5.41, 5.74) is 0.773. The van der Waals surface area contributed by atoms with Crippen LogP contribution in [0.5, 0.6) is 0 Å². The SMILES string of the molecule is N#CC1(c2c(Cl)cccc2Cl)CC2(CCCCCC2)C1. The van der Waals surface area contributed by atoms with Gasteiger partial charge in [0, 0.05) is 15.6 Å². The molecule has 0 bridgehead atoms. The molecule has 0 heterocycles. The maximum Gasteiger partial charge on any atom is 0.0861 e. The molecule has 0 unspecified atom stereocenters. The van der Waals surface area contributed by atoms with Gasteiger partial charge in [0.1, 0.15) is 0 Å². The van der Waals surface area contributed by atoms with E-state index in [-0.39, 0.29) is 0 Å². The van der Waals surface area contributed by atoms with Gasteiger partial charge in [0.2, 0.25) is 0 Å². The van der Waals surface area contributed by atoms with Gasteiger partial charge < -0.3 is 0 Å². The second-order valence-corrected chi connectivity index (χ2v) is 7.37. The summed E-state index contributed by atoms with van der Waals surface area (Å²) in [6, 6.07) is 8.08. The molecule has 0 saturated heterocycles. The van der Waals surface area contributed by atoms with E-state index in [4.69, 9.17) is 23.2 Å². The van der Waals surface area contributed by atoms with Crippen molar-refractivity contribution >= 4 is 23.2 Å². The van der Waals surface area contributed by atoms with Crippen molar-refractivity contribution in [3.63, 3.8) is 0 Å². The van der Waals surface area contributed by atoms with Crippen LogP contribution < -0.4 is 0 Å². The first-order valence-electron chi connectivity index (χ1n) is 7.47. The number of rotatable bonds is 1. The highest BCUT2D eigenvalue weighted by molar-refractivity contribution is 6.36. The standard InChI is InChI=1S/C17H19Cl2N/c18-13-6-5-7-14(19)15(13)17(12-20)10-16(11-17)8-3-1-2-4-9-16/h5-7H,1-4,8-11H2. The van der Waals surface area contributed by atoms with Crippen molar-refractivity contribution in [1.82, 2.24) is 0 Å². The third kappa shape index (κ3) is 2.24. The van der Waals surface area contributed by atoms with Crippen molar-refractivity contribution in [1.29, 1.82) is 5.26 Å². The van der Waals surface area contributed by atoms with Crippen LogP contribution >= 0.6 is 23.2 Å². The van der Waals surface area contributed by atoms with Gasteiger partial charge in [0.25, 0.3) is 0 Å². The number of halogens is 2. The second kappa shape index (κ2) is 5.24.